The molecular weight excluding hydrogens is 496 g/mol. The van der Waals surface area contributed by atoms with Gasteiger partial charge in [-0.3, -0.25) is 9.69 Å². The minimum Gasteiger partial charge on any atom is -0.497 e. The molecule has 1 aliphatic heterocycles. The second-order valence-corrected chi connectivity index (χ2v) is 9.28. The Labute approximate surface area is 227 Å². The van der Waals surface area contributed by atoms with Gasteiger partial charge in [-0.1, -0.05) is 25.5 Å². The zero-order valence-corrected chi connectivity index (χ0v) is 22.3. The minimum absolute atomic E-state index is 0.112. The number of furan rings is 1. The van der Waals surface area contributed by atoms with E-state index in [-0.39, 0.29) is 18.5 Å². The number of amides is 3. The van der Waals surface area contributed by atoms with Crippen molar-refractivity contribution >= 4 is 23.3 Å². The second-order valence-electron chi connectivity index (χ2n) is 9.28. The lowest BCUT2D eigenvalue weighted by atomic mass is 10.0. The summed E-state index contributed by atoms with van der Waals surface area (Å²) in [7, 11) is 3.10. The van der Waals surface area contributed by atoms with Gasteiger partial charge in [-0.15, -0.1) is 0 Å². The van der Waals surface area contributed by atoms with Gasteiger partial charge in [-0.05, 0) is 42.8 Å². The van der Waals surface area contributed by atoms with Crippen LogP contribution in [0.25, 0.3) is 5.69 Å². The van der Waals surface area contributed by atoms with Crippen molar-refractivity contribution in [1.82, 2.24) is 9.47 Å². The number of nitrogens with one attached hydrogen (secondary N) is 1. The number of urea groups is 1. The monoisotopic (exact) mass is 528 g/mol. The number of hydrogen-bond donors (Lipinski definition) is 1. The van der Waals surface area contributed by atoms with Gasteiger partial charge in [-0.25, -0.2) is 4.79 Å². The summed E-state index contributed by atoms with van der Waals surface area (Å²) in [5.74, 6) is 1.53. The Kier molecular flexibility index (Phi) is 7.58. The molecule has 1 unspecified atom stereocenters. The summed E-state index contributed by atoms with van der Waals surface area (Å²) in [5.41, 5.74) is 3.06. The number of benzene rings is 2. The predicted octanol–water partition coefficient (Wildman–Crippen LogP) is 5.86. The van der Waals surface area contributed by atoms with Gasteiger partial charge in [0.05, 0.1) is 37.6 Å². The zero-order valence-electron chi connectivity index (χ0n) is 22.3. The highest BCUT2D eigenvalue weighted by Gasteiger charge is 2.38. The van der Waals surface area contributed by atoms with Crippen LogP contribution in [0, 0.1) is 0 Å². The summed E-state index contributed by atoms with van der Waals surface area (Å²) >= 11 is 0. The second kappa shape index (κ2) is 11.4. The van der Waals surface area contributed by atoms with Crippen molar-refractivity contribution in [3.8, 4) is 17.2 Å². The van der Waals surface area contributed by atoms with Crippen molar-refractivity contribution in [2.75, 3.05) is 37.5 Å². The molecule has 0 fully saturated rings. The molecule has 5 rings (SSSR count). The third kappa shape index (κ3) is 5.20. The molecule has 0 aliphatic carbocycles. The molecule has 0 saturated carbocycles. The van der Waals surface area contributed by atoms with Crippen LogP contribution in [0.15, 0.2) is 83.6 Å². The molecule has 9 nitrogen and oxygen atoms in total. The van der Waals surface area contributed by atoms with Crippen LogP contribution in [-0.4, -0.2) is 48.7 Å². The fraction of sp³-hybridized carbons (Fsp3) is 0.267. The number of para-hydroxylation sites is 2. The molecule has 9 heteroatoms. The highest BCUT2D eigenvalue weighted by Crippen LogP contribution is 2.42. The molecule has 1 N–H and O–H groups in total. The maximum Gasteiger partial charge on any atom is 0.322 e. The SMILES string of the molecule is CCCCN(CC(=O)N1c2ccccc2-n2cccc2C1c1ccco1)C(=O)Nc1cc(OC)cc(OC)c1. The van der Waals surface area contributed by atoms with Crippen molar-refractivity contribution < 1.29 is 23.5 Å². The first-order chi connectivity index (χ1) is 19.0. The number of nitrogens with zero attached hydrogens (tertiary/aromatic N) is 3. The van der Waals surface area contributed by atoms with E-state index in [9.17, 15) is 9.59 Å². The number of unbranched alkanes of at least 4 members (excludes halogenated alkanes) is 1. The van der Waals surface area contributed by atoms with Gasteiger partial charge in [0.2, 0.25) is 5.91 Å². The predicted molar refractivity (Wildman–Crippen MR) is 149 cm³/mol. The number of carbonyl (C=O) groups is 2. The van der Waals surface area contributed by atoms with Gasteiger partial charge in [0.25, 0.3) is 0 Å². The smallest absolute Gasteiger partial charge is 0.322 e. The van der Waals surface area contributed by atoms with Crippen molar-refractivity contribution in [2.24, 2.45) is 0 Å². The van der Waals surface area contributed by atoms with Gasteiger partial charge >= 0.3 is 6.03 Å². The van der Waals surface area contributed by atoms with E-state index in [2.05, 4.69) is 9.88 Å². The first-order valence-electron chi connectivity index (χ1n) is 12.9. The molecule has 1 atom stereocenters. The first kappa shape index (κ1) is 26.0. The maximum absolute atomic E-state index is 14.1. The Morgan fingerprint density at radius 2 is 1.72 bits per heavy atom. The Balaban J connectivity index is 1.46. The van der Waals surface area contributed by atoms with Gasteiger partial charge < -0.3 is 28.7 Å². The van der Waals surface area contributed by atoms with Crippen LogP contribution in [0.1, 0.15) is 37.3 Å². The van der Waals surface area contributed by atoms with Crippen LogP contribution in [0.5, 0.6) is 11.5 Å². The van der Waals surface area contributed by atoms with E-state index in [1.807, 2.05) is 61.7 Å². The van der Waals surface area contributed by atoms with E-state index >= 15 is 0 Å². The summed E-state index contributed by atoms with van der Waals surface area (Å²) < 4.78 is 18.6. The fourth-order valence-corrected chi connectivity index (χ4v) is 4.90. The summed E-state index contributed by atoms with van der Waals surface area (Å²) in [5, 5.41) is 2.91. The number of ether oxygens (including phenoxy) is 2. The lowest BCUT2D eigenvalue weighted by molar-refractivity contribution is -0.119. The minimum atomic E-state index is -0.476. The Morgan fingerprint density at radius 1 is 0.974 bits per heavy atom. The normalized spacial score (nSPS) is 13.8. The summed E-state index contributed by atoms with van der Waals surface area (Å²) in [6.07, 6.45) is 5.22. The highest BCUT2D eigenvalue weighted by molar-refractivity contribution is 6.01. The molecule has 202 valence electrons. The fourth-order valence-electron chi connectivity index (χ4n) is 4.90. The Morgan fingerprint density at radius 3 is 2.38 bits per heavy atom. The summed E-state index contributed by atoms with van der Waals surface area (Å²) in [4.78, 5) is 30.9. The molecule has 0 saturated heterocycles. The van der Waals surface area contributed by atoms with Gasteiger partial charge in [0.15, 0.2) is 0 Å². The Bertz CT molecular complexity index is 1420. The number of anilines is 2. The third-order valence-electron chi connectivity index (χ3n) is 6.80. The van der Waals surface area contributed by atoms with Gasteiger partial charge in [0, 0.05) is 36.6 Å². The molecule has 3 amide bonds. The average Bonchev–Trinajstić information content (AvgIpc) is 3.67. The third-order valence-corrected chi connectivity index (χ3v) is 6.80. The quantitative estimate of drug-likeness (QED) is 0.294. The summed E-state index contributed by atoms with van der Waals surface area (Å²) in [6, 6.07) is 19.7. The molecule has 3 heterocycles. The van der Waals surface area contributed by atoms with Crippen molar-refractivity contribution in [2.45, 2.75) is 25.8 Å². The average molecular weight is 529 g/mol. The van der Waals surface area contributed by atoms with E-state index in [1.165, 1.54) is 0 Å². The van der Waals surface area contributed by atoms with Crippen LogP contribution >= 0.6 is 0 Å². The number of rotatable bonds is 9. The van der Waals surface area contributed by atoms with E-state index in [0.29, 0.717) is 29.5 Å². The largest absolute Gasteiger partial charge is 0.497 e. The Hall–Kier alpha value is -4.66. The number of methoxy groups -OCH3 is 2. The molecule has 0 spiro atoms. The van der Waals surface area contributed by atoms with Crippen LogP contribution in [0.2, 0.25) is 0 Å². The highest BCUT2D eigenvalue weighted by atomic mass is 16.5. The number of aromatic nitrogens is 1. The molecular formula is C30H32N4O5. The molecule has 39 heavy (non-hydrogen) atoms. The van der Waals surface area contributed by atoms with Crippen molar-refractivity contribution in [1.29, 1.82) is 0 Å². The molecule has 2 aromatic heterocycles. The van der Waals surface area contributed by atoms with Crippen molar-refractivity contribution in [3.05, 3.63) is 90.6 Å². The molecule has 4 aromatic rings. The number of hydrogen-bond acceptors (Lipinski definition) is 5. The van der Waals surface area contributed by atoms with Crippen LogP contribution < -0.4 is 19.7 Å². The van der Waals surface area contributed by atoms with E-state index in [1.54, 1.807) is 48.5 Å². The maximum atomic E-state index is 14.1. The van der Waals surface area contributed by atoms with Crippen LogP contribution in [-0.2, 0) is 4.79 Å². The van der Waals surface area contributed by atoms with Crippen LogP contribution in [0.3, 0.4) is 0 Å². The molecule has 0 radical (unpaired) electrons. The lowest BCUT2D eigenvalue weighted by Gasteiger charge is -2.38. The summed E-state index contributed by atoms with van der Waals surface area (Å²) in [6.45, 7) is 2.36. The first-order valence-corrected chi connectivity index (χ1v) is 12.9. The van der Waals surface area contributed by atoms with Crippen LogP contribution in [0.4, 0.5) is 16.2 Å². The van der Waals surface area contributed by atoms with Crippen molar-refractivity contribution in [3.63, 3.8) is 0 Å². The lowest BCUT2D eigenvalue weighted by Crippen LogP contribution is -2.47. The molecule has 1 aliphatic rings. The molecule has 0 bridgehead atoms. The van der Waals surface area contributed by atoms with E-state index in [4.69, 9.17) is 13.9 Å². The number of carbonyl (C=O) groups excluding carboxylic acids is 2. The van der Waals surface area contributed by atoms with E-state index < -0.39 is 6.04 Å². The number of fused-ring (bicyclic) bond motifs is 3. The van der Waals surface area contributed by atoms with Gasteiger partial charge in [0.1, 0.15) is 29.8 Å². The van der Waals surface area contributed by atoms with E-state index in [0.717, 1.165) is 29.9 Å². The standard InChI is InChI=1S/C30H32N4O5/c1-4-5-14-32(30(36)31-21-17-22(37-2)19-23(18-21)38-3)20-28(35)34-25-11-7-6-10-24(25)33-15-8-12-26(33)29(34)27-13-9-16-39-27/h6-13,15-19,29H,4-5,14,20H2,1-3H3,(H,31,36). The topological polar surface area (TPSA) is 89.2 Å². The zero-order chi connectivity index (χ0) is 27.4. The van der Waals surface area contributed by atoms with Gasteiger partial charge in [-0.2, -0.15) is 0 Å². The molecule has 2 aromatic carbocycles.